The minimum Gasteiger partial charge on any atom is -0.298 e. The molecular formula is C15H22N2O5. The molecule has 0 radical (unpaired) electrons. The Bertz CT molecular complexity index is 514. The second kappa shape index (κ2) is 7.29. The molecule has 0 N–H and O–H groups in total. The van der Waals surface area contributed by atoms with Crippen molar-refractivity contribution in [2.45, 2.75) is 40.5 Å². The van der Waals surface area contributed by atoms with E-state index in [0.717, 1.165) is 4.90 Å². The van der Waals surface area contributed by atoms with Gasteiger partial charge >= 0.3 is 0 Å². The van der Waals surface area contributed by atoms with E-state index in [1.807, 2.05) is 6.92 Å². The fourth-order valence-corrected chi connectivity index (χ4v) is 2.42. The fourth-order valence-electron chi connectivity index (χ4n) is 2.42. The smallest absolute Gasteiger partial charge is 0.232 e. The second-order valence-corrected chi connectivity index (χ2v) is 5.71. The molecular weight excluding hydrogens is 288 g/mol. The molecule has 0 aromatic rings. The van der Waals surface area contributed by atoms with Crippen molar-refractivity contribution >= 4 is 29.4 Å². The highest BCUT2D eigenvalue weighted by Gasteiger charge is 2.35. The SMILES string of the molecule is CC(=O)CN1C(=O)CC(C)C1=O.CCN1C(=O)CC(C)C1=O. The summed E-state index contributed by atoms with van der Waals surface area (Å²) in [6.45, 7) is 7.11. The predicted octanol–water partition coefficient (Wildman–Crippen LogP) is 0.372. The molecule has 2 saturated heterocycles. The maximum atomic E-state index is 11.2. The van der Waals surface area contributed by atoms with E-state index in [-0.39, 0.29) is 54.2 Å². The molecule has 2 unspecified atom stereocenters. The van der Waals surface area contributed by atoms with E-state index in [9.17, 15) is 24.0 Å². The maximum absolute atomic E-state index is 11.2. The van der Waals surface area contributed by atoms with E-state index < -0.39 is 0 Å². The van der Waals surface area contributed by atoms with Gasteiger partial charge in [-0.05, 0) is 13.8 Å². The van der Waals surface area contributed by atoms with E-state index >= 15 is 0 Å². The lowest BCUT2D eigenvalue weighted by Gasteiger charge is -2.10. The molecule has 0 bridgehead atoms. The van der Waals surface area contributed by atoms with Crippen LogP contribution >= 0.6 is 0 Å². The third-order valence-electron chi connectivity index (χ3n) is 3.64. The molecule has 0 saturated carbocycles. The van der Waals surface area contributed by atoms with Gasteiger partial charge in [-0.15, -0.1) is 0 Å². The molecule has 2 atom stereocenters. The molecule has 7 nitrogen and oxygen atoms in total. The van der Waals surface area contributed by atoms with E-state index in [0.29, 0.717) is 13.0 Å². The largest absolute Gasteiger partial charge is 0.298 e. The van der Waals surface area contributed by atoms with Crippen LogP contribution in [0.4, 0.5) is 0 Å². The number of rotatable bonds is 3. The van der Waals surface area contributed by atoms with E-state index in [1.165, 1.54) is 11.8 Å². The molecule has 2 heterocycles. The number of carbonyl (C=O) groups excluding carboxylic acids is 5. The first-order chi connectivity index (χ1) is 10.2. The van der Waals surface area contributed by atoms with Gasteiger partial charge in [0.05, 0.1) is 6.54 Å². The fraction of sp³-hybridized carbons (Fsp3) is 0.667. The Labute approximate surface area is 129 Å². The quantitative estimate of drug-likeness (QED) is 0.702. The van der Waals surface area contributed by atoms with Crippen molar-refractivity contribution in [3.63, 3.8) is 0 Å². The first-order valence-corrected chi connectivity index (χ1v) is 7.36. The molecule has 122 valence electrons. The molecule has 4 amide bonds. The minimum absolute atomic E-state index is 0.0208. The summed E-state index contributed by atoms with van der Waals surface area (Å²) in [6, 6.07) is 0. The maximum Gasteiger partial charge on any atom is 0.232 e. The number of carbonyl (C=O) groups is 5. The van der Waals surface area contributed by atoms with Gasteiger partial charge < -0.3 is 0 Å². The minimum atomic E-state index is -0.253. The zero-order valence-electron chi connectivity index (χ0n) is 13.4. The monoisotopic (exact) mass is 310 g/mol. The van der Waals surface area contributed by atoms with Crippen molar-refractivity contribution in [2.24, 2.45) is 11.8 Å². The van der Waals surface area contributed by atoms with Crippen LogP contribution in [0, 0.1) is 11.8 Å². The van der Waals surface area contributed by atoms with Gasteiger partial charge in [0, 0.05) is 31.2 Å². The van der Waals surface area contributed by atoms with E-state index in [4.69, 9.17) is 0 Å². The summed E-state index contributed by atoms with van der Waals surface area (Å²) in [6.07, 6.45) is 0.638. The summed E-state index contributed by atoms with van der Waals surface area (Å²) in [5.41, 5.74) is 0. The lowest BCUT2D eigenvalue weighted by atomic mass is 10.1. The van der Waals surface area contributed by atoms with Crippen molar-refractivity contribution in [1.82, 2.24) is 9.80 Å². The van der Waals surface area contributed by atoms with Crippen molar-refractivity contribution in [3.8, 4) is 0 Å². The lowest BCUT2D eigenvalue weighted by molar-refractivity contribution is -0.142. The number of ketones is 1. The predicted molar refractivity (Wildman–Crippen MR) is 77.4 cm³/mol. The van der Waals surface area contributed by atoms with Crippen LogP contribution in [0.2, 0.25) is 0 Å². The normalized spacial score (nSPS) is 24.7. The van der Waals surface area contributed by atoms with Crippen molar-refractivity contribution in [3.05, 3.63) is 0 Å². The van der Waals surface area contributed by atoms with Gasteiger partial charge in [0.1, 0.15) is 5.78 Å². The van der Waals surface area contributed by atoms with Crippen molar-refractivity contribution in [2.75, 3.05) is 13.1 Å². The first kappa shape index (κ1) is 18.0. The molecule has 0 aromatic carbocycles. The zero-order chi connectivity index (χ0) is 17.0. The van der Waals surface area contributed by atoms with Gasteiger partial charge in [0.15, 0.2) is 0 Å². The van der Waals surface area contributed by atoms with Gasteiger partial charge in [-0.1, -0.05) is 13.8 Å². The summed E-state index contributed by atoms with van der Waals surface area (Å²) in [5.74, 6) is -1.01. The summed E-state index contributed by atoms with van der Waals surface area (Å²) in [4.78, 5) is 57.3. The molecule has 2 aliphatic heterocycles. The topological polar surface area (TPSA) is 91.8 Å². The third kappa shape index (κ3) is 3.99. The average molecular weight is 310 g/mol. The van der Waals surface area contributed by atoms with Crippen LogP contribution < -0.4 is 0 Å². The van der Waals surface area contributed by atoms with Crippen LogP contribution in [0.3, 0.4) is 0 Å². The highest BCUT2D eigenvalue weighted by atomic mass is 16.2. The van der Waals surface area contributed by atoms with E-state index in [2.05, 4.69) is 0 Å². The molecule has 2 fully saturated rings. The van der Waals surface area contributed by atoms with Crippen LogP contribution in [0.25, 0.3) is 0 Å². The second-order valence-electron chi connectivity index (χ2n) is 5.71. The first-order valence-electron chi connectivity index (χ1n) is 7.36. The van der Waals surface area contributed by atoms with Gasteiger partial charge in [-0.25, -0.2) is 0 Å². The highest BCUT2D eigenvalue weighted by Crippen LogP contribution is 2.18. The standard InChI is InChI=1S/C8H11NO3.C7H11NO2/c1-5-3-7(11)9(8(5)12)4-6(2)10;1-3-8-6(9)4-5(2)7(8)10/h5H,3-4H2,1-2H3;5H,3-4H2,1-2H3. The summed E-state index contributed by atoms with van der Waals surface area (Å²) in [5, 5.41) is 0. The Hall–Kier alpha value is -2.05. The van der Waals surface area contributed by atoms with Crippen molar-refractivity contribution in [1.29, 1.82) is 0 Å². The number of Topliss-reactive ketones (excluding diaryl/α,β-unsaturated/α-hetero) is 1. The Morgan fingerprint density at radius 2 is 1.36 bits per heavy atom. The molecule has 0 aliphatic carbocycles. The Balaban J connectivity index is 0.000000224. The molecule has 7 heteroatoms. The number of hydrogen-bond donors (Lipinski definition) is 0. The molecule has 22 heavy (non-hydrogen) atoms. The summed E-state index contributed by atoms with van der Waals surface area (Å²) < 4.78 is 0. The molecule has 0 spiro atoms. The van der Waals surface area contributed by atoms with Crippen LogP contribution in [-0.4, -0.2) is 52.3 Å². The number of nitrogens with zero attached hydrogens (tertiary/aromatic N) is 2. The van der Waals surface area contributed by atoms with E-state index in [1.54, 1.807) is 13.8 Å². The van der Waals surface area contributed by atoms with Gasteiger partial charge in [-0.2, -0.15) is 0 Å². The lowest BCUT2D eigenvalue weighted by Crippen LogP contribution is -2.34. The van der Waals surface area contributed by atoms with Gasteiger partial charge in [-0.3, -0.25) is 33.8 Å². The molecule has 2 aliphatic rings. The Kier molecular flexibility index (Phi) is 5.96. The third-order valence-corrected chi connectivity index (χ3v) is 3.64. The van der Waals surface area contributed by atoms with Crippen molar-refractivity contribution < 1.29 is 24.0 Å². The molecule has 0 aromatic heterocycles. The summed E-state index contributed by atoms with van der Waals surface area (Å²) in [7, 11) is 0. The number of likely N-dealkylation sites (tertiary alicyclic amines) is 2. The van der Waals surface area contributed by atoms with Gasteiger partial charge in [0.2, 0.25) is 23.6 Å². The van der Waals surface area contributed by atoms with Crippen LogP contribution in [-0.2, 0) is 24.0 Å². The number of imide groups is 2. The van der Waals surface area contributed by atoms with Gasteiger partial charge in [0.25, 0.3) is 0 Å². The zero-order valence-corrected chi connectivity index (χ0v) is 13.4. The Morgan fingerprint density at radius 3 is 1.59 bits per heavy atom. The van der Waals surface area contributed by atoms with Crippen LogP contribution in [0.5, 0.6) is 0 Å². The van der Waals surface area contributed by atoms with Crippen LogP contribution in [0.15, 0.2) is 0 Å². The highest BCUT2D eigenvalue weighted by molar-refractivity contribution is 6.05. The average Bonchev–Trinajstić information content (AvgIpc) is 2.80. The number of amides is 4. The summed E-state index contributed by atoms with van der Waals surface area (Å²) >= 11 is 0. The number of hydrogen-bond acceptors (Lipinski definition) is 5. The van der Waals surface area contributed by atoms with Crippen LogP contribution in [0.1, 0.15) is 40.5 Å². The molecule has 2 rings (SSSR count). The Morgan fingerprint density at radius 1 is 0.955 bits per heavy atom.